The first-order valence-corrected chi connectivity index (χ1v) is 7.69. The van der Waals surface area contributed by atoms with Crippen molar-refractivity contribution >= 4 is 33.8 Å². The second-order valence-electron chi connectivity index (χ2n) is 5.67. The molecule has 2 aliphatic rings. The number of nitrogens with one attached hydrogen (secondary N) is 1. The molecule has 1 N–H and O–H groups in total. The van der Waals surface area contributed by atoms with Crippen molar-refractivity contribution in [2.45, 2.75) is 19.3 Å². The zero-order valence-electron chi connectivity index (χ0n) is 11.5. The minimum Gasteiger partial charge on any atom is -0.277 e. The van der Waals surface area contributed by atoms with Gasteiger partial charge in [0.1, 0.15) is 5.92 Å². The lowest BCUT2D eigenvalue weighted by atomic mass is 9.95. The number of imide groups is 2. The molecule has 2 fully saturated rings. The van der Waals surface area contributed by atoms with Crippen LogP contribution in [0.4, 0.5) is 4.79 Å². The molecule has 1 aromatic carbocycles. The van der Waals surface area contributed by atoms with Gasteiger partial charge in [0, 0.05) is 11.0 Å². The van der Waals surface area contributed by atoms with Crippen LogP contribution in [-0.2, 0) is 9.59 Å². The standard InChI is InChI=1S/C15H15BrN2O3/c1-8-6-9(8)7-18-14(20)12(13(19)17-15(18)21)10-4-2-3-5-11(10)16/h2-5,8-9,12H,6-7H2,1H3,(H,17,19,21). The van der Waals surface area contributed by atoms with Crippen LogP contribution in [0.2, 0.25) is 0 Å². The average molecular weight is 351 g/mol. The molecule has 1 saturated carbocycles. The van der Waals surface area contributed by atoms with Gasteiger partial charge in [-0.2, -0.15) is 0 Å². The molecule has 0 spiro atoms. The summed E-state index contributed by atoms with van der Waals surface area (Å²) in [6, 6.07) is 6.48. The molecule has 21 heavy (non-hydrogen) atoms. The lowest BCUT2D eigenvalue weighted by Gasteiger charge is -2.30. The molecule has 6 heteroatoms. The Morgan fingerprint density at radius 2 is 1.95 bits per heavy atom. The Kier molecular flexibility index (Phi) is 3.57. The fraction of sp³-hybridized carbons (Fsp3) is 0.400. The van der Waals surface area contributed by atoms with Gasteiger partial charge in [0.05, 0.1) is 0 Å². The van der Waals surface area contributed by atoms with E-state index in [1.165, 1.54) is 4.90 Å². The van der Waals surface area contributed by atoms with Crippen LogP contribution < -0.4 is 5.32 Å². The van der Waals surface area contributed by atoms with Crippen molar-refractivity contribution in [3.63, 3.8) is 0 Å². The number of carbonyl (C=O) groups is 3. The van der Waals surface area contributed by atoms with Gasteiger partial charge in [-0.1, -0.05) is 41.1 Å². The Balaban J connectivity index is 1.89. The monoisotopic (exact) mass is 350 g/mol. The molecule has 1 aromatic rings. The van der Waals surface area contributed by atoms with E-state index in [9.17, 15) is 14.4 Å². The van der Waals surface area contributed by atoms with E-state index in [2.05, 4.69) is 28.2 Å². The van der Waals surface area contributed by atoms with Crippen molar-refractivity contribution in [1.29, 1.82) is 0 Å². The van der Waals surface area contributed by atoms with Crippen LogP contribution in [-0.4, -0.2) is 29.3 Å². The third kappa shape index (κ3) is 2.60. The quantitative estimate of drug-likeness (QED) is 0.850. The van der Waals surface area contributed by atoms with E-state index in [4.69, 9.17) is 0 Å². The first kappa shape index (κ1) is 14.3. The summed E-state index contributed by atoms with van der Waals surface area (Å²) in [4.78, 5) is 37.8. The second kappa shape index (κ2) is 5.26. The van der Waals surface area contributed by atoms with E-state index in [1.807, 2.05) is 6.07 Å². The number of rotatable bonds is 3. The maximum absolute atomic E-state index is 12.6. The summed E-state index contributed by atoms with van der Waals surface area (Å²) in [5.74, 6) is -1.07. The summed E-state index contributed by atoms with van der Waals surface area (Å²) in [7, 11) is 0. The third-order valence-corrected chi connectivity index (χ3v) is 4.88. The molecule has 0 radical (unpaired) electrons. The van der Waals surface area contributed by atoms with Crippen LogP contribution in [0.25, 0.3) is 0 Å². The SMILES string of the molecule is CC1CC1CN1C(=O)NC(=O)C(c2ccccc2Br)C1=O. The molecule has 0 bridgehead atoms. The van der Waals surface area contributed by atoms with Crippen LogP contribution in [0.1, 0.15) is 24.8 Å². The van der Waals surface area contributed by atoms with Gasteiger partial charge in [-0.15, -0.1) is 0 Å². The summed E-state index contributed by atoms with van der Waals surface area (Å²) in [5, 5.41) is 2.29. The van der Waals surface area contributed by atoms with Crippen molar-refractivity contribution in [3.8, 4) is 0 Å². The Bertz CT molecular complexity index is 631. The van der Waals surface area contributed by atoms with E-state index in [0.29, 0.717) is 28.4 Å². The fourth-order valence-corrected chi connectivity index (χ4v) is 3.17. The van der Waals surface area contributed by atoms with Gasteiger partial charge in [0.25, 0.3) is 0 Å². The van der Waals surface area contributed by atoms with E-state index in [1.54, 1.807) is 18.2 Å². The molecule has 1 aliphatic heterocycles. The van der Waals surface area contributed by atoms with Gasteiger partial charge in [-0.3, -0.25) is 19.8 Å². The number of carbonyl (C=O) groups excluding carboxylic acids is 3. The number of nitrogens with zero attached hydrogens (tertiary/aromatic N) is 1. The molecule has 3 atom stereocenters. The molecule has 1 aliphatic carbocycles. The molecule has 3 unspecified atom stereocenters. The minimum absolute atomic E-state index is 0.354. The van der Waals surface area contributed by atoms with Crippen LogP contribution in [0.15, 0.2) is 28.7 Å². The van der Waals surface area contributed by atoms with Crippen molar-refractivity contribution in [2.75, 3.05) is 6.54 Å². The summed E-state index contributed by atoms with van der Waals surface area (Å²) < 4.78 is 0.688. The molecule has 110 valence electrons. The highest BCUT2D eigenvalue weighted by Crippen LogP contribution is 2.39. The topological polar surface area (TPSA) is 66.5 Å². The molecule has 1 heterocycles. The number of halogens is 1. The zero-order valence-corrected chi connectivity index (χ0v) is 13.1. The van der Waals surface area contributed by atoms with Crippen LogP contribution in [0, 0.1) is 11.8 Å². The summed E-state index contributed by atoms with van der Waals surface area (Å²) in [6.07, 6.45) is 1.02. The number of urea groups is 1. The van der Waals surface area contributed by atoms with E-state index in [-0.39, 0.29) is 0 Å². The van der Waals surface area contributed by atoms with E-state index in [0.717, 1.165) is 6.42 Å². The summed E-state index contributed by atoms with van der Waals surface area (Å²) in [5.41, 5.74) is 0.585. The van der Waals surface area contributed by atoms with Crippen molar-refractivity contribution in [3.05, 3.63) is 34.3 Å². The van der Waals surface area contributed by atoms with Crippen LogP contribution in [0.3, 0.4) is 0 Å². The van der Waals surface area contributed by atoms with Gasteiger partial charge in [0.15, 0.2) is 0 Å². The van der Waals surface area contributed by atoms with Gasteiger partial charge >= 0.3 is 6.03 Å². The Hall–Kier alpha value is -1.69. The van der Waals surface area contributed by atoms with Gasteiger partial charge < -0.3 is 0 Å². The van der Waals surface area contributed by atoms with Crippen molar-refractivity contribution in [1.82, 2.24) is 10.2 Å². The Labute approximate surface area is 130 Å². The predicted molar refractivity (Wildman–Crippen MR) is 79.4 cm³/mol. The predicted octanol–water partition coefficient (Wildman–Crippen LogP) is 2.27. The Morgan fingerprint density at radius 1 is 1.29 bits per heavy atom. The lowest BCUT2D eigenvalue weighted by molar-refractivity contribution is -0.138. The molecule has 5 nitrogen and oxygen atoms in total. The first-order valence-electron chi connectivity index (χ1n) is 6.89. The maximum Gasteiger partial charge on any atom is 0.330 e. The number of amides is 4. The average Bonchev–Trinajstić information content (AvgIpc) is 3.12. The van der Waals surface area contributed by atoms with Crippen molar-refractivity contribution in [2.24, 2.45) is 11.8 Å². The molecule has 3 rings (SSSR count). The molecular formula is C15H15BrN2O3. The van der Waals surface area contributed by atoms with Gasteiger partial charge in [-0.25, -0.2) is 4.79 Å². The summed E-state index contributed by atoms with van der Waals surface area (Å²) in [6.45, 7) is 2.48. The maximum atomic E-state index is 12.6. The number of benzene rings is 1. The highest BCUT2D eigenvalue weighted by Gasteiger charge is 2.45. The van der Waals surface area contributed by atoms with Crippen LogP contribution >= 0.6 is 15.9 Å². The molecular weight excluding hydrogens is 336 g/mol. The van der Waals surface area contributed by atoms with E-state index < -0.39 is 23.8 Å². The van der Waals surface area contributed by atoms with Gasteiger partial charge in [-0.05, 0) is 29.9 Å². The second-order valence-corrected chi connectivity index (χ2v) is 6.53. The van der Waals surface area contributed by atoms with Gasteiger partial charge in [0.2, 0.25) is 11.8 Å². The highest BCUT2D eigenvalue weighted by atomic mass is 79.9. The minimum atomic E-state index is -0.965. The largest absolute Gasteiger partial charge is 0.330 e. The lowest BCUT2D eigenvalue weighted by Crippen LogP contribution is -2.57. The third-order valence-electron chi connectivity index (χ3n) is 4.16. The number of barbiturate groups is 1. The summed E-state index contributed by atoms with van der Waals surface area (Å²) >= 11 is 3.36. The van der Waals surface area contributed by atoms with Crippen molar-refractivity contribution < 1.29 is 14.4 Å². The smallest absolute Gasteiger partial charge is 0.277 e. The molecule has 4 amide bonds. The zero-order chi connectivity index (χ0) is 15.1. The molecule has 1 saturated heterocycles. The first-order chi connectivity index (χ1) is 9.99. The Morgan fingerprint density at radius 3 is 2.57 bits per heavy atom. The highest BCUT2D eigenvalue weighted by molar-refractivity contribution is 9.10. The van der Waals surface area contributed by atoms with E-state index >= 15 is 0 Å². The number of hydrogen-bond donors (Lipinski definition) is 1. The number of hydrogen-bond acceptors (Lipinski definition) is 3. The molecule has 0 aromatic heterocycles. The van der Waals surface area contributed by atoms with Crippen LogP contribution in [0.5, 0.6) is 0 Å². The fourth-order valence-electron chi connectivity index (χ4n) is 2.66. The normalized spacial score (nSPS) is 28.6.